The number of hydrogen-bond donors (Lipinski definition) is 2. The molecule has 0 aromatic heterocycles. The minimum Gasteiger partial charge on any atom is -0.393 e. The lowest BCUT2D eigenvalue weighted by molar-refractivity contribution is -0.141. The van der Waals surface area contributed by atoms with Crippen molar-refractivity contribution in [2.24, 2.45) is 5.92 Å². The van der Waals surface area contributed by atoms with Gasteiger partial charge in [0.2, 0.25) is 5.91 Å². The van der Waals surface area contributed by atoms with E-state index in [9.17, 15) is 28.2 Å². The van der Waals surface area contributed by atoms with Gasteiger partial charge in [0.05, 0.1) is 17.3 Å². The number of nitrogens with zero attached hydrogens (tertiary/aromatic N) is 1. The highest BCUT2D eigenvalue weighted by Gasteiger charge is 2.39. The summed E-state index contributed by atoms with van der Waals surface area (Å²) in [5, 5.41) is 20.4. The van der Waals surface area contributed by atoms with Gasteiger partial charge in [-0.25, -0.2) is 0 Å². The van der Waals surface area contributed by atoms with Crippen molar-refractivity contribution < 1.29 is 28.2 Å². The first-order valence-corrected chi connectivity index (χ1v) is 9.06. The Morgan fingerprint density at radius 2 is 1.73 bits per heavy atom. The van der Waals surface area contributed by atoms with Crippen molar-refractivity contribution in [3.63, 3.8) is 0 Å². The third-order valence-corrected chi connectivity index (χ3v) is 5.68. The van der Waals surface area contributed by atoms with Gasteiger partial charge in [0.1, 0.15) is 0 Å². The SMILES string of the molecule is O=C(C1CCC(O)CC1)N1CCC(O)(c2cccc(C(F)(F)F)c2)CC1. The van der Waals surface area contributed by atoms with Gasteiger partial charge in [-0.2, -0.15) is 13.2 Å². The average Bonchev–Trinajstić information content (AvgIpc) is 2.62. The zero-order chi connectivity index (χ0) is 18.9. The van der Waals surface area contributed by atoms with E-state index >= 15 is 0 Å². The highest BCUT2D eigenvalue weighted by atomic mass is 19.4. The van der Waals surface area contributed by atoms with E-state index < -0.39 is 17.3 Å². The summed E-state index contributed by atoms with van der Waals surface area (Å²) in [4.78, 5) is 14.3. The molecule has 0 spiro atoms. The Balaban J connectivity index is 1.65. The van der Waals surface area contributed by atoms with E-state index in [0.29, 0.717) is 38.8 Å². The third kappa shape index (κ3) is 4.04. The maximum absolute atomic E-state index is 12.9. The number of amides is 1. The van der Waals surface area contributed by atoms with Crippen LogP contribution < -0.4 is 0 Å². The van der Waals surface area contributed by atoms with E-state index in [1.165, 1.54) is 12.1 Å². The van der Waals surface area contributed by atoms with Gasteiger partial charge < -0.3 is 15.1 Å². The van der Waals surface area contributed by atoms with E-state index in [1.807, 2.05) is 0 Å². The molecule has 1 aliphatic carbocycles. The smallest absolute Gasteiger partial charge is 0.393 e. The molecule has 1 aliphatic heterocycles. The molecule has 26 heavy (non-hydrogen) atoms. The Morgan fingerprint density at radius 3 is 2.31 bits per heavy atom. The van der Waals surface area contributed by atoms with Crippen molar-refractivity contribution in [2.45, 2.75) is 56.4 Å². The van der Waals surface area contributed by atoms with Gasteiger partial charge in [-0.15, -0.1) is 0 Å². The Bertz CT molecular complexity index is 646. The Kier molecular flexibility index (Phi) is 5.30. The molecule has 2 fully saturated rings. The second-order valence-corrected chi connectivity index (χ2v) is 7.44. The number of rotatable bonds is 2. The normalized spacial score (nSPS) is 26.6. The lowest BCUT2D eigenvalue weighted by Gasteiger charge is -2.40. The number of likely N-dealkylation sites (tertiary alicyclic amines) is 1. The first-order chi connectivity index (χ1) is 12.2. The molecule has 2 aliphatic rings. The van der Waals surface area contributed by atoms with Gasteiger partial charge in [-0.1, -0.05) is 12.1 Å². The van der Waals surface area contributed by atoms with E-state index in [2.05, 4.69) is 0 Å². The summed E-state index contributed by atoms with van der Waals surface area (Å²) < 4.78 is 38.7. The minimum absolute atomic E-state index is 0.0305. The molecule has 1 saturated heterocycles. The van der Waals surface area contributed by atoms with Gasteiger partial charge in [0, 0.05) is 19.0 Å². The summed E-state index contributed by atoms with van der Waals surface area (Å²) in [7, 11) is 0. The molecule has 0 unspecified atom stereocenters. The van der Waals surface area contributed by atoms with Crippen molar-refractivity contribution in [1.29, 1.82) is 0 Å². The third-order valence-electron chi connectivity index (χ3n) is 5.68. The molecule has 0 radical (unpaired) electrons. The molecule has 144 valence electrons. The van der Waals surface area contributed by atoms with Gasteiger partial charge >= 0.3 is 6.18 Å². The topological polar surface area (TPSA) is 60.8 Å². The molecular formula is C19H24F3NO3. The predicted octanol–water partition coefficient (Wildman–Crippen LogP) is 3.07. The summed E-state index contributed by atoms with van der Waals surface area (Å²) in [6, 6.07) is 4.80. The number of hydrogen-bond acceptors (Lipinski definition) is 3. The van der Waals surface area contributed by atoms with Crippen molar-refractivity contribution in [1.82, 2.24) is 4.90 Å². The van der Waals surface area contributed by atoms with Crippen LogP contribution >= 0.6 is 0 Å². The Hall–Kier alpha value is -1.60. The Morgan fingerprint density at radius 1 is 1.12 bits per heavy atom. The highest BCUT2D eigenvalue weighted by Crippen LogP contribution is 2.37. The van der Waals surface area contributed by atoms with Gasteiger partial charge in [-0.05, 0) is 56.2 Å². The van der Waals surface area contributed by atoms with E-state index in [1.54, 1.807) is 4.90 Å². The fraction of sp³-hybridized carbons (Fsp3) is 0.632. The maximum Gasteiger partial charge on any atom is 0.416 e. The number of carbonyl (C=O) groups is 1. The summed E-state index contributed by atoms with van der Waals surface area (Å²) in [5.41, 5.74) is -1.87. The number of halogens is 3. The lowest BCUT2D eigenvalue weighted by atomic mass is 9.82. The van der Waals surface area contributed by atoms with Crippen LogP contribution in [0.25, 0.3) is 0 Å². The molecule has 2 N–H and O–H groups in total. The molecule has 1 amide bonds. The second-order valence-electron chi connectivity index (χ2n) is 7.44. The lowest BCUT2D eigenvalue weighted by Crippen LogP contribution is -2.47. The maximum atomic E-state index is 12.9. The van der Waals surface area contributed by atoms with Crippen molar-refractivity contribution in [2.75, 3.05) is 13.1 Å². The molecule has 1 aromatic rings. The van der Waals surface area contributed by atoms with Crippen LogP contribution in [0.15, 0.2) is 24.3 Å². The van der Waals surface area contributed by atoms with E-state index in [0.717, 1.165) is 12.1 Å². The number of aliphatic hydroxyl groups excluding tert-OH is 1. The number of benzene rings is 1. The Labute approximate surface area is 150 Å². The largest absolute Gasteiger partial charge is 0.416 e. The molecule has 4 nitrogen and oxygen atoms in total. The first kappa shape index (κ1) is 19.2. The van der Waals surface area contributed by atoms with Crippen LogP contribution in [0.5, 0.6) is 0 Å². The molecule has 7 heteroatoms. The fourth-order valence-electron chi connectivity index (χ4n) is 3.95. The highest BCUT2D eigenvalue weighted by molar-refractivity contribution is 5.79. The van der Waals surface area contributed by atoms with Gasteiger partial charge in [0.15, 0.2) is 0 Å². The van der Waals surface area contributed by atoms with Crippen molar-refractivity contribution in [3.05, 3.63) is 35.4 Å². The molecule has 3 rings (SSSR count). The van der Waals surface area contributed by atoms with Crippen molar-refractivity contribution in [3.8, 4) is 0 Å². The van der Waals surface area contributed by atoms with Crippen LogP contribution in [-0.4, -0.2) is 40.2 Å². The van der Waals surface area contributed by atoms with Crippen LogP contribution in [0.1, 0.15) is 49.7 Å². The number of carbonyl (C=O) groups excluding carboxylic acids is 1. The van der Waals surface area contributed by atoms with Gasteiger partial charge in [-0.3, -0.25) is 4.79 Å². The predicted molar refractivity (Wildman–Crippen MR) is 89.1 cm³/mol. The number of alkyl halides is 3. The van der Waals surface area contributed by atoms with Crippen LogP contribution in [-0.2, 0) is 16.6 Å². The van der Waals surface area contributed by atoms with E-state index in [-0.39, 0.29) is 36.3 Å². The van der Waals surface area contributed by atoms with Crippen LogP contribution in [0.4, 0.5) is 13.2 Å². The van der Waals surface area contributed by atoms with E-state index in [4.69, 9.17) is 0 Å². The molecular weight excluding hydrogens is 347 g/mol. The fourth-order valence-corrected chi connectivity index (χ4v) is 3.95. The second kappa shape index (κ2) is 7.19. The summed E-state index contributed by atoms with van der Waals surface area (Å²) in [6.07, 6.45) is -1.77. The zero-order valence-electron chi connectivity index (χ0n) is 14.5. The average molecular weight is 371 g/mol. The van der Waals surface area contributed by atoms with Crippen LogP contribution in [0, 0.1) is 5.92 Å². The van der Waals surface area contributed by atoms with Crippen LogP contribution in [0.3, 0.4) is 0 Å². The number of aliphatic hydroxyl groups is 2. The summed E-state index contributed by atoms with van der Waals surface area (Å²) in [6.45, 7) is 0.648. The number of piperidine rings is 1. The zero-order valence-corrected chi connectivity index (χ0v) is 14.5. The molecule has 1 saturated carbocycles. The minimum atomic E-state index is -4.45. The van der Waals surface area contributed by atoms with Crippen LogP contribution in [0.2, 0.25) is 0 Å². The monoisotopic (exact) mass is 371 g/mol. The molecule has 1 heterocycles. The molecule has 0 bridgehead atoms. The summed E-state index contributed by atoms with van der Waals surface area (Å²) in [5.74, 6) is -0.0684. The first-order valence-electron chi connectivity index (χ1n) is 9.06. The van der Waals surface area contributed by atoms with Crippen molar-refractivity contribution >= 4 is 5.91 Å². The standard InChI is InChI=1S/C19H24F3NO3/c20-19(21,22)15-3-1-2-14(12-15)18(26)8-10-23(11-9-18)17(25)13-4-6-16(24)7-5-13/h1-3,12-13,16,24,26H,4-11H2. The van der Waals surface area contributed by atoms with Gasteiger partial charge in [0.25, 0.3) is 0 Å². The summed E-state index contributed by atoms with van der Waals surface area (Å²) >= 11 is 0. The quantitative estimate of drug-likeness (QED) is 0.840. The molecule has 0 atom stereocenters. The molecule has 1 aromatic carbocycles.